The van der Waals surface area contributed by atoms with Crippen LogP contribution in [0, 0.1) is 15.1 Å². The van der Waals surface area contributed by atoms with Crippen molar-refractivity contribution in [3.05, 3.63) is 45.4 Å². The number of halogens is 2. The van der Waals surface area contributed by atoms with Crippen LogP contribution in [0.2, 0.25) is 0 Å². The van der Waals surface area contributed by atoms with Gasteiger partial charge in [0, 0.05) is 46.7 Å². The van der Waals surface area contributed by atoms with Crippen molar-refractivity contribution in [2.75, 3.05) is 18.8 Å². The third-order valence-corrected chi connectivity index (χ3v) is 5.91. The molecule has 0 aliphatic carbocycles. The number of H-pyrrole nitrogens is 1. The maximum atomic E-state index is 13.9. The van der Waals surface area contributed by atoms with Crippen LogP contribution in [0.5, 0.6) is 0 Å². The van der Waals surface area contributed by atoms with E-state index >= 15 is 0 Å². The average Bonchev–Trinajstić information content (AvgIpc) is 3.23. The average molecular weight is 521 g/mol. The Morgan fingerprint density at radius 2 is 2.03 bits per heavy atom. The molecule has 0 radical (unpaired) electrons. The number of fused-ring (bicyclic) bond motifs is 2. The van der Waals surface area contributed by atoms with Gasteiger partial charge in [-0.3, -0.25) is 0 Å². The Morgan fingerprint density at radius 3 is 2.80 bits per heavy atom. The lowest BCUT2D eigenvalue weighted by Crippen LogP contribution is -2.30. The Morgan fingerprint density at radius 1 is 1.23 bits per heavy atom. The van der Waals surface area contributed by atoms with Crippen LogP contribution in [0.3, 0.4) is 0 Å². The van der Waals surface area contributed by atoms with Gasteiger partial charge in [-0.1, -0.05) is 20.8 Å². The molecule has 30 heavy (non-hydrogen) atoms. The van der Waals surface area contributed by atoms with Gasteiger partial charge < -0.3 is 20.6 Å². The first-order valence-electron chi connectivity index (χ1n) is 9.85. The van der Waals surface area contributed by atoms with Crippen molar-refractivity contribution in [1.29, 1.82) is 0 Å². The van der Waals surface area contributed by atoms with Crippen molar-refractivity contribution >= 4 is 50.5 Å². The maximum Gasteiger partial charge on any atom is 0.312 e. The zero-order valence-electron chi connectivity index (χ0n) is 17.3. The number of hydrogen-bond donors (Lipinski definition) is 3. The molecule has 4 N–H and O–H groups in total. The molecule has 0 saturated heterocycles. The second-order valence-corrected chi connectivity index (χ2v) is 9.81. The monoisotopic (exact) mass is 521 g/mol. The number of anilines is 1. The van der Waals surface area contributed by atoms with E-state index in [9.17, 15) is 4.39 Å². The van der Waals surface area contributed by atoms with Crippen LogP contribution in [-0.2, 0) is 13.0 Å². The number of rotatable bonds is 6. The molecule has 4 rings (SSSR count). The molecule has 4 aromatic rings. The molecule has 1 aromatic carbocycles. The number of nitrogens with zero attached hydrogens (tertiary/aromatic N) is 4. The third-order valence-electron chi connectivity index (χ3n) is 4.91. The Hall–Kier alpha value is -2.27. The van der Waals surface area contributed by atoms with Gasteiger partial charge in [-0.25, -0.2) is 4.98 Å². The molecule has 9 heteroatoms. The highest BCUT2D eigenvalue weighted by molar-refractivity contribution is 14.1. The van der Waals surface area contributed by atoms with Crippen LogP contribution in [0.1, 0.15) is 32.2 Å². The van der Waals surface area contributed by atoms with Gasteiger partial charge >= 0.3 is 6.08 Å². The Kier molecular flexibility index (Phi) is 5.67. The van der Waals surface area contributed by atoms with E-state index in [2.05, 4.69) is 86.8 Å². The number of aromatic nitrogens is 5. The van der Waals surface area contributed by atoms with E-state index in [0.717, 1.165) is 27.0 Å². The van der Waals surface area contributed by atoms with E-state index in [-0.39, 0.29) is 11.2 Å². The predicted molar refractivity (Wildman–Crippen MR) is 126 cm³/mol. The Balaban J connectivity index is 1.70. The van der Waals surface area contributed by atoms with Crippen molar-refractivity contribution in [3.8, 4) is 0 Å². The van der Waals surface area contributed by atoms with Crippen molar-refractivity contribution in [1.82, 2.24) is 29.8 Å². The number of nitrogens with two attached hydrogens (primary N) is 1. The molecule has 3 aromatic heterocycles. The van der Waals surface area contributed by atoms with Gasteiger partial charge in [0.15, 0.2) is 17.0 Å². The third kappa shape index (κ3) is 4.41. The first-order valence-corrected chi connectivity index (χ1v) is 10.9. The fraction of sp³-hybridized carbons (Fsp3) is 0.381. The van der Waals surface area contributed by atoms with E-state index in [4.69, 9.17) is 5.73 Å². The molecule has 0 saturated carbocycles. The molecule has 0 spiro atoms. The van der Waals surface area contributed by atoms with Crippen molar-refractivity contribution < 1.29 is 4.39 Å². The van der Waals surface area contributed by atoms with Crippen LogP contribution >= 0.6 is 22.6 Å². The summed E-state index contributed by atoms with van der Waals surface area (Å²) in [6.07, 6.45) is 1.68. The molecule has 0 atom stereocenters. The molecule has 3 heterocycles. The summed E-state index contributed by atoms with van der Waals surface area (Å²) < 4.78 is 17.0. The molecule has 0 aliphatic rings. The number of imidazole rings is 1. The molecule has 7 nitrogen and oxygen atoms in total. The molecule has 158 valence electrons. The fourth-order valence-electron chi connectivity index (χ4n) is 3.49. The van der Waals surface area contributed by atoms with Crippen LogP contribution in [-0.4, -0.2) is 37.6 Å². The standard InChI is InChI=1S/C21H25FIN7/c1-21(2,3)11-25-6-7-30-16(27-17-18(24)28-20(22)29-19(17)30)10-13-9-15-12(4-5-26-15)8-14(13)23/h4-5,8-9,25-26H,6-7,10-11H2,1-3H3,(H2,24,28,29). The summed E-state index contributed by atoms with van der Waals surface area (Å²) in [5.74, 6) is 0.854. The summed E-state index contributed by atoms with van der Waals surface area (Å²) >= 11 is 2.34. The minimum atomic E-state index is -0.835. The van der Waals surface area contributed by atoms with E-state index in [1.54, 1.807) is 0 Å². The van der Waals surface area contributed by atoms with E-state index < -0.39 is 6.08 Å². The number of nitrogen functional groups attached to an aromatic ring is 1. The largest absolute Gasteiger partial charge is 0.382 e. The van der Waals surface area contributed by atoms with Crippen molar-refractivity contribution in [2.24, 2.45) is 5.41 Å². The van der Waals surface area contributed by atoms with Gasteiger partial charge in [0.05, 0.1) is 0 Å². The Labute approximate surface area is 187 Å². The number of hydrogen-bond acceptors (Lipinski definition) is 5. The quantitative estimate of drug-likeness (QED) is 0.204. The van der Waals surface area contributed by atoms with Gasteiger partial charge in [0.2, 0.25) is 0 Å². The van der Waals surface area contributed by atoms with Crippen molar-refractivity contribution in [3.63, 3.8) is 0 Å². The van der Waals surface area contributed by atoms with Gasteiger partial charge in [-0.2, -0.15) is 14.4 Å². The van der Waals surface area contributed by atoms with Gasteiger partial charge in [0.25, 0.3) is 0 Å². The second-order valence-electron chi connectivity index (χ2n) is 8.65. The zero-order chi connectivity index (χ0) is 21.5. The zero-order valence-corrected chi connectivity index (χ0v) is 19.4. The molecule has 0 bridgehead atoms. The highest BCUT2D eigenvalue weighted by Gasteiger charge is 2.18. The second kappa shape index (κ2) is 8.10. The SMILES string of the molecule is CC(C)(C)CNCCn1c(Cc2cc3[nH]ccc3cc2I)nc2c(N)nc(F)nc21. The predicted octanol–water partition coefficient (Wildman–Crippen LogP) is 3.86. The van der Waals surface area contributed by atoms with Crippen LogP contribution < -0.4 is 11.1 Å². The molecule has 0 amide bonds. The molecular weight excluding hydrogens is 496 g/mol. The lowest BCUT2D eigenvalue weighted by atomic mass is 9.97. The molecule has 0 aliphatic heterocycles. The summed E-state index contributed by atoms with van der Waals surface area (Å²) in [7, 11) is 0. The molecule has 0 unspecified atom stereocenters. The lowest BCUT2D eigenvalue weighted by molar-refractivity contribution is 0.375. The van der Waals surface area contributed by atoms with Crippen molar-refractivity contribution in [2.45, 2.75) is 33.7 Å². The summed E-state index contributed by atoms with van der Waals surface area (Å²) in [4.78, 5) is 15.6. The lowest BCUT2D eigenvalue weighted by Gasteiger charge is -2.19. The van der Waals surface area contributed by atoms with Gasteiger partial charge in [-0.15, -0.1) is 0 Å². The summed E-state index contributed by atoms with van der Waals surface area (Å²) in [6.45, 7) is 8.75. The Bertz CT molecular complexity index is 1210. The maximum absolute atomic E-state index is 13.9. The fourth-order valence-corrected chi connectivity index (χ4v) is 4.17. The highest BCUT2D eigenvalue weighted by Crippen LogP contribution is 2.25. The van der Waals surface area contributed by atoms with Crippen LogP contribution in [0.4, 0.5) is 10.2 Å². The highest BCUT2D eigenvalue weighted by atomic mass is 127. The first-order chi connectivity index (χ1) is 14.2. The molecule has 0 fully saturated rings. The van der Waals surface area contributed by atoms with Gasteiger partial charge in [-0.05, 0) is 51.8 Å². The van der Waals surface area contributed by atoms with Crippen LogP contribution in [0.25, 0.3) is 22.1 Å². The summed E-state index contributed by atoms with van der Waals surface area (Å²) in [6, 6.07) is 6.33. The topological polar surface area (TPSA) is 97.4 Å². The molecular formula is C21H25FIN7. The minimum absolute atomic E-state index is 0.0645. The number of nitrogens with one attached hydrogen (secondary N) is 2. The van der Waals surface area contributed by atoms with Gasteiger partial charge in [0.1, 0.15) is 5.82 Å². The van der Waals surface area contributed by atoms with E-state index in [0.29, 0.717) is 30.7 Å². The normalized spacial score (nSPS) is 12.3. The number of benzene rings is 1. The summed E-state index contributed by atoms with van der Waals surface area (Å²) in [5, 5.41) is 4.62. The van der Waals surface area contributed by atoms with E-state index in [1.165, 1.54) is 5.39 Å². The van der Waals surface area contributed by atoms with E-state index in [1.807, 2.05) is 10.8 Å². The minimum Gasteiger partial charge on any atom is -0.382 e. The van der Waals surface area contributed by atoms with Crippen LogP contribution in [0.15, 0.2) is 24.4 Å². The first kappa shape index (κ1) is 21.0. The summed E-state index contributed by atoms with van der Waals surface area (Å²) in [5.41, 5.74) is 9.21. The number of aromatic amines is 1. The smallest absolute Gasteiger partial charge is 0.312 e.